The fraction of sp³-hybridized carbons (Fsp3) is 0.357. The van der Waals surface area contributed by atoms with Crippen molar-refractivity contribution in [2.24, 2.45) is 5.92 Å². The molecule has 21 heavy (non-hydrogen) atoms. The van der Waals surface area contributed by atoms with Gasteiger partial charge in [0.25, 0.3) is 5.91 Å². The molecule has 110 valence electrons. The third kappa shape index (κ3) is 2.89. The lowest BCUT2D eigenvalue weighted by atomic mass is 10.3. The lowest BCUT2D eigenvalue weighted by molar-refractivity contribution is -0.305. The van der Waals surface area contributed by atoms with E-state index in [1.54, 1.807) is 6.08 Å². The minimum Gasteiger partial charge on any atom is -0.548 e. The number of carboxylic acids is 1. The summed E-state index contributed by atoms with van der Waals surface area (Å²) >= 11 is 6.08. The van der Waals surface area contributed by atoms with Crippen LogP contribution >= 0.6 is 24.0 Å². The summed E-state index contributed by atoms with van der Waals surface area (Å²) in [6.07, 6.45) is 2.73. The van der Waals surface area contributed by atoms with Crippen LogP contribution in [-0.2, 0) is 9.59 Å². The Hall–Kier alpha value is -1.60. The maximum atomic E-state index is 12.1. The van der Waals surface area contributed by atoms with Gasteiger partial charge in [0, 0.05) is 12.0 Å². The number of thiocarbonyl (C=S) groups is 1. The van der Waals surface area contributed by atoms with Crippen molar-refractivity contribution in [1.29, 1.82) is 0 Å². The molecule has 2 heterocycles. The first kappa shape index (κ1) is 14.3. The molecule has 2 aliphatic rings. The van der Waals surface area contributed by atoms with E-state index < -0.39 is 18.4 Å². The van der Waals surface area contributed by atoms with Gasteiger partial charge >= 0.3 is 0 Å². The van der Waals surface area contributed by atoms with Crippen molar-refractivity contribution in [2.45, 2.75) is 19.3 Å². The average molecular weight is 322 g/mol. The van der Waals surface area contributed by atoms with Gasteiger partial charge in [0.1, 0.15) is 15.8 Å². The van der Waals surface area contributed by atoms with Crippen LogP contribution in [-0.4, -0.2) is 27.6 Å². The van der Waals surface area contributed by atoms with Gasteiger partial charge in [0.2, 0.25) is 0 Å². The Morgan fingerprint density at radius 2 is 2.33 bits per heavy atom. The molecule has 1 aromatic rings. The van der Waals surface area contributed by atoms with Crippen molar-refractivity contribution in [1.82, 2.24) is 4.90 Å². The highest BCUT2D eigenvalue weighted by atomic mass is 32.2. The predicted molar refractivity (Wildman–Crippen MR) is 80.1 cm³/mol. The number of hydrogen-bond donors (Lipinski definition) is 0. The Morgan fingerprint density at radius 1 is 1.62 bits per heavy atom. The molecule has 0 unspecified atom stereocenters. The topological polar surface area (TPSA) is 73.6 Å². The molecule has 2 fully saturated rings. The Bertz CT molecular complexity index is 664. The zero-order valence-corrected chi connectivity index (χ0v) is 12.8. The number of aliphatic carboxylic acids is 1. The van der Waals surface area contributed by atoms with Crippen LogP contribution in [0.15, 0.2) is 21.5 Å². The van der Waals surface area contributed by atoms with Gasteiger partial charge in [-0.15, -0.1) is 0 Å². The lowest BCUT2D eigenvalue weighted by Crippen LogP contribution is -2.40. The minimum absolute atomic E-state index is 0.220. The van der Waals surface area contributed by atoms with Gasteiger partial charge < -0.3 is 14.3 Å². The molecule has 1 saturated heterocycles. The highest BCUT2D eigenvalue weighted by Gasteiger charge is 2.37. The Kier molecular flexibility index (Phi) is 3.62. The van der Waals surface area contributed by atoms with Crippen LogP contribution < -0.4 is 5.11 Å². The summed E-state index contributed by atoms with van der Waals surface area (Å²) in [6, 6.07) is 3.73. The van der Waals surface area contributed by atoms with E-state index in [1.165, 1.54) is 0 Å². The minimum atomic E-state index is -1.34. The van der Waals surface area contributed by atoms with E-state index in [9.17, 15) is 14.7 Å². The number of nitrogens with zero attached hydrogens (tertiary/aromatic N) is 1. The Morgan fingerprint density at radius 3 is 2.95 bits per heavy atom. The van der Waals surface area contributed by atoms with Gasteiger partial charge in [-0.3, -0.25) is 9.69 Å². The van der Waals surface area contributed by atoms with E-state index in [0.29, 0.717) is 22.5 Å². The normalized spacial score (nSPS) is 26.7. The molecule has 0 aromatic carbocycles. The van der Waals surface area contributed by atoms with E-state index in [2.05, 4.69) is 6.92 Å². The monoisotopic (exact) mass is 322 g/mol. The van der Waals surface area contributed by atoms with Crippen molar-refractivity contribution < 1.29 is 19.1 Å². The first-order chi connectivity index (χ1) is 9.95. The maximum Gasteiger partial charge on any atom is 0.266 e. The van der Waals surface area contributed by atoms with Crippen LogP contribution in [0, 0.1) is 5.92 Å². The molecule has 1 aliphatic carbocycles. The molecule has 0 spiro atoms. The SMILES string of the molecule is C[C@H]1C[C@@H]1c1ccc(/C=C2\SC(=S)N(CC(=O)[O-])C2=O)o1. The molecular weight excluding hydrogens is 310 g/mol. The van der Waals surface area contributed by atoms with E-state index >= 15 is 0 Å². The van der Waals surface area contributed by atoms with E-state index in [-0.39, 0.29) is 4.32 Å². The Balaban J connectivity index is 1.77. The largest absolute Gasteiger partial charge is 0.548 e. The second-order valence-corrected chi connectivity index (χ2v) is 6.88. The van der Waals surface area contributed by atoms with Crippen molar-refractivity contribution in [3.63, 3.8) is 0 Å². The predicted octanol–water partition coefficient (Wildman–Crippen LogP) is 1.35. The number of hydrogen-bond acceptors (Lipinski definition) is 6. The van der Waals surface area contributed by atoms with Crippen LogP contribution in [0.2, 0.25) is 0 Å². The summed E-state index contributed by atoms with van der Waals surface area (Å²) < 4.78 is 5.93. The molecule has 5 nitrogen and oxygen atoms in total. The number of amides is 1. The average Bonchev–Trinajstić information content (AvgIpc) is 2.87. The molecule has 7 heteroatoms. The molecule has 1 aliphatic heterocycles. The molecule has 0 bridgehead atoms. The highest BCUT2D eigenvalue weighted by Crippen LogP contribution is 2.47. The van der Waals surface area contributed by atoms with Gasteiger partial charge in [-0.1, -0.05) is 30.9 Å². The van der Waals surface area contributed by atoms with Crippen molar-refractivity contribution in [3.05, 3.63) is 28.6 Å². The van der Waals surface area contributed by atoms with Gasteiger partial charge in [0.05, 0.1) is 17.4 Å². The van der Waals surface area contributed by atoms with Gasteiger partial charge in [-0.25, -0.2) is 0 Å². The summed E-state index contributed by atoms with van der Waals surface area (Å²) in [7, 11) is 0. The summed E-state index contributed by atoms with van der Waals surface area (Å²) in [5.74, 6) is 0.865. The van der Waals surface area contributed by atoms with Crippen LogP contribution in [0.3, 0.4) is 0 Å². The smallest absolute Gasteiger partial charge is 0.266 e. The molecule has 3 rings (SSSR count). The number of carboxylic acid groups (broad SMARTS) is 1. The number of rotatable bonds is 4. The third-order valence-electron chi connectivity index (χ3n) is 3.56. The fourth-order valence-corrected chi connectivity index (χ4v) is 3.49. The van der Waals surface area contributed by atoms with Crippen molar-refractivity contribution in [3.8, 4) is 0 Å². The number of furan rings is 1. The molecule has 1 aromatic heterocycles. The summed E-state index contributed by atoms with van der Waals surface area (Å²) in [4.78, 5) is 24.1. The second kappa shape index (κ2) is 5.31. The first-order valence-electron chi connectivity index (χ1n) is 6.50. The Labute approximate surface area is 131 Å². The maximum absolute atomic E-state index is 12.1. The molecule has 0 radical (unpaired) electrons. The van der Waals surface area contributed by atoms with E-state index in [0.717, 1.165) is 28.8 Å². The summed E-state index contributed by atoms with van der Waals surface area (Å²) in [5.41, 5.74) is 0. The summed E-state index contributed by atoms with van der Waals surface area (Å²) in [6.45, 7) is 1.64. The molecule has 1 amide bonds. The summed E-state index contributed by atoms with van der Waals surface area (Å²) in [5, 5.41) is 10.6. The van der Waals surface area contributed by atoms with Crippen molar-refractivity contribution >= 4 is 46.3 Å². The van der Waals surface area contributed by atoms with Gasteiger partial charge in [0.15, 0.2) is 0 Å². The lowest BCUT2D eigenvalue weighted by Gasteiger charge is -2.14. The van der Waals surface area contributed by atoms with E-state index in [1.807, 2.05) is 12.1 Å². The molecule has 1 saturated carbocycles. The van der Waals surface area contributed by atoms with Crippen LogP contribution in [0.25, 0.3) is 6.08 Å². The van der Waals surface area contributed by atoms with Gasteiger partial charge in [-0.2, -0.15) is 0 Å². The first-order valence-corrected chi connectivity index (χ1v) is 7.73. The van der Waals surface area contributed by atoms with Crippen LogP contribution in [0.5, 0.6) is 0 Å². The second-order valence-electron chi connectivity index (χ2n) is 5.20. The number of thioether (sulfide) groups is 1. The standard InChI is InChI=1S/C14H13NO4S2/c1-7-4-9(7)10-3-2-8(19-10)5-11-13(18)15(6-12(16)17)14(20)21-11/h2-3,5,7,9H,4,6H2,1H3,(H,16,17)/p-1/b11-5-/t7-,9-/m0/s1. The van der Waals surface area contributed by atoms with Crippen LogP contribution in [0.1, 0.15) is 30.8 Å². The zero-order valence-electron chi connectivity index (χ0n) is 11.2. The van der Waals surface area contributed by atoms with Crippen molar-refractivity contribution in [2.75, 3.05) is 6.54 Å². The third-order valence-corrected chi connectivity index (χ3v) is 4.93. The number of carbonyl (C=O) groups excluding carboxylic acids is 2. The molecule has 0 N–H and O–H groups in total. The number of carbonyl (C=O) groups is 2. The molecule has 2 atom stereocenters. The molecular formula is C14H12NO4S2-. The van der Waals surface area contributed by atoms with E-state index in [4.69, 9.17) is 16.6 Å². The highest BCUT2D eigenvalue weighted by molar-refractivity contribution is 8.26. The fourth-order valence-electron chi connectivity index (χ4n) is 2.26. The zero-order chi connectivity index (χ0) is 15.1. The van der Waals surface area contributed by atoms with Crippen LogP contribution in [0.4, 0.5) is 0 Å². The van der Waals surface area contributed by atoms with Gasteiger partial charge in [-0.05, 0) is 24.5 Å². The quantitative estimate of drug-likeness (QED) is 0.615.